The molecule has 2 amide bonds. The van der Waals surface area contributed by atoms with Gasteiger partial charge in [0.15, 0.2) is 0 Å². The highest BCUT2D eigenvalue weighted by molar-refractivity contribution is 5.94. The quantitative estimate of drug-likeness (QED) is 0.772. The molecule has 0 fully saturated rings. The highest BCUT2D eigenvalue weighted by Gasteiger charge is 2.16. The van der Waals surface area contributed by atoms with Crippen molar-refractivity contribution in [3.63, 3.8) is 0 Å². The second-order valence-corrected chi connectivity index (χ2v) is 5.38. The van der Waals surface area contributed by atoms with Crippen molar-refractivity contribution in [1.82, 2.24) is 5.32 Å². The number of hydrogen-bond acceptors (Lipinski definition) is 2. The molecule has 1 aromatic rings. The molecule has 0 saturated heterocycles. The van der Waals surface area contributed by atoms with E-state index in [-0.39, 0.29) is 24.3 Å². The van der Waals surface area contributed by atoms with Crippen LogP contribution in [0.15, 0.2) is 24.3 Å². The van der Waals surface area contributed by atoms with Crippen molar-refractivity contribution >= 4 is 17.5 Å². The lowest BCUT2D eigenvalue weighted by Gasteiger charge is -2.14. The molecule has 0 aliphatic carbocycles. The zero-order chi connectivity index (χ0) is 15.7. The van der Waals surface area contributed by atoms with Gasteiger partial charge in [0.2, 0.25) is 11.8 Å². The largest absolute Gasteiger partial charge is 0.347 e. The Kier molecular flexibility index (Phi) is 7.51. The van der Waals surface area contributed by atoms with Crippen molar-refractivity contribution in [3.8, 4) is 0 Å². The number of aryl methyl sites for hydroxylation is 1. The number of benzene rings is 1. The van der Waals surface area contributed by atoms with Gasteiger partial charge in [0, 0.05) is 11.6 Å². The number of amides is 2. The summed E-state index contributed by atoms with van der Waals surface area (Å²) in [4.78, 5) is 23.8. The molecule has 0 bridgehead atoms. The van der Waals surface area contributed by atoms with Gasteiger partial charge in [-0.1, -0.05) is 38.8 Å². The Labute approximate surface area is 127 Å². The van der Waals surface area contributed by atoms with Crippen LogP contribution < -0.4 is 10.6 Å². The van der Waals surface area contributed by atoms with Crippen LogP contribution in [0.25, 0.3) is 0 Å². The van der Waals surface area contributed by atoms with Gasteiger partial charge in [-0.25, -0.2) is 0 Å². The predicted molar refractivity (Wildman–Crippen MR) is 86.1 cm³/mol. The standard InChI is InChI=1S/C17H26N2O2/c1-4-6-9-14(5-2)17(21)18-12-16(20)19-15-10-7-8-13(3)11-15/h7-8,10-11,14H,4-6,9,12H2,1-3H3,(H,18,21)(H,19,20). The first kappa shape index (κ1) is 17.2. The van der Waals surface area contributed by atoms with E-state index in [1.807, 2.05) is 38.1 Å². The number of hydrogen-bond donors (Lipinski definition) is 2. The van der Waals surface area contributed by atoms with Crippen LogP contribution in [0.3, 0.4) is 0 Å². The van der Waals surface area contributed by atoms with Crippen molar-refractivity contribution in [2.45, 2.75) is 46.5 Å². The summed E-state index contributed by atoms with van der Waals surface area (Å²) in [6.07, 6.45) is 3.82. The molecule has 1 atom stereocenters. The van der Waals surface area contributed by atoms with E-state index in [2.05, 4.69) is 17.6 Å². The zero-order valence-corrected chi connectivity index (χ0v) is 13.2. The van der Waals surface area contributed by atoms with Crippen LogP contribution in [0.5, 0.6) is 0 Å². The molecule has 0 radical (unpaired) electrons. The van der Waals surface area contributed by atoms with Gasteiger partial charge >= 0.3 is 0 Å². The molecule has 21 heavy (non-hydrogen) atoms. The second kappa shape index (κ2) is 9.16. The third kappa shape index (κ3) is 6.43. The lowest BCUT2D eigenvalue weighted by molar-refractivity contribution is -0.127. The van der Waals surface area contributed by atoms with Crippen molar-refractivity contribution < 1.29 is 9.59 Å². The maximum Gasteiger partial charge on any atom is 0.243 e. The summed E-state index contributed by atoms with van der Waals surface area (Å²) in [6, 6.07) is 7.59. The highest BCUT2D eigenvalue weighted by atomic mass is 16.2. The monoisotopic (exact) mass is 290 g/mol. The first-order valence-corrected chi connectivity index (χ1v) is 7.71. The molecule has 0 saturated carbocycles. The van der Waals surface area contributed by atoms with E-state index >= 15 is 0 Å². The molecule has 116 valence electrons. The Morgan fingerprint density at radius 3 is 2.62 bits per heavy atom. The van der Waals surface area contributed by atoms with Crippen molar-refractivity contribution in [2.75, 3.05) is 11.9 Å². The minimum atomic E-state index is -0.195. The Morgan fingerprint density at radius 2 is 2.00 bits per heavy atom. The van der Waals surface area contributed by atoms with Gasteiger partial charge in [-0.15, -0.1) is 0 Å². The summed E-state index contributed by atoms with van der Waals surface area (Å²) in [6.45, 7) is 6.11. The van der Waals surface area contributed by atoms with Gasteiger partial charge < -0.3 is 10.6 Å². The van der Waals surface area contributed by atoms with E-state index in [1.54, 1.807) is 0 Å². The maximum atomic E-state index is 12.0. The molecule has 4 nitrogen and oxygen atoms in total. The third-order valence-electron chi connectivity index (χ3n) is 3.49. The van der Waals surface area contributed by atoms with Gasteiger partial charge in [-0.05, 0) is 37.5 Å². The summed E-state index contributed by atoms with van der Waals surface area (Å²) in [5, 5.41) is 5.51. The molecule has 1 aromatic carbocycles. The van der Waals surface area contributed by atoms with Crippen LogP contribution in [0, 0.1) is 12.8 Å². The Bertz CT molecular complexity index is 472. The fourth-order valence-electron chi connectivity index (χ4n) is 2.21. The van der Waals surface area contributed by atoms with Crippen LogP contribution in [0.2, 0.25) is 0 Å². The van der Waals surface area contributed by atoms with Crippen molar-refractivity contribution in [1.29, 1.82) is 0 Å². The SMILES string of the molecule is CCCCC(CC)C(=O)NCC(=O)Nc1cccc(C)c1. The van der Waals surface area contributed by atoms with E-state index in [9.17, 15) is 9.59 Å². The molecule has 4 heteroatoms. The summed E-state index contributed by atoms with van der Waals surface area (Å²) >= 11 is 0. The van der Waals surface area contributed by atoms with Gasteiger partial charge in [0.1, 0.15) is 0 Å². The molecule has 1 rings (SSSR count). The molecule has 0 spiro atoms. The lowest BCUT2D eigenvalue weighted by Crippen LogP contribution is -2.36. The van der Waals surface area contributed by atoms with Crippen LogP contribution in [-0.4, -0.2) is 18.4 Å². The number of carbonyl (C=O) groups excluding carboxylic acids is 2. The molecule has 0 aliphatic rings. The minimum absolute atomic E-state index is 0.0109. The van der Waals surface area contributed by atoms with Crippen LogP contribution >= 0.6 is 0 Å². The van der Waals surface area contributed by atoms with E-state index in [4.69, 9.17) is 0 Å². The van der Waals surface area contributed by atoms with Gasteiger partial charge in [-0.2, -0.15) is 0 Å². The molecule has 2 N–H and O–H groups in total. The highest BCUT2D eigenvalue weighted by Crippen LogP contribution is 2.12. The molecule has 1 unspecified atom stereocenters. The topological polar surface area (TPSA) is 58.2 Å². The molecule has 0 aliphatic heterocycles. The van der Waals surface area contributed by atoms with E-state index in [1.165, 1.54) is 0 Å². The molecule has 0 aromatic heterocycles. The summed E-state index contributed by atoms with van der Waals surface area (Å²) < 4.78 is 0. The van der Waals surface area contributed by atoms with Gasteiger partial charge in [0.25, 0.3) is 0 Å². The van der Waals surface area contributed by atoms with E-state index in [0.29, 0.717) is 0 Å². The van der Waals surface area contributed by atoms with Crippen molar-refractivity contribution in [3.05, 3.63) is 29.8 Å². The minimum Gasteiger partial charge on any atom is -0.347 e. The summed E-state index contributed by atoms with van der Waals surface area (Å²) in [5.74, 6) is -0.207. The molecular weight excluding hydrogens is 264 g/mol. The number of rotatable bonds is 8. The van der Waals surface area contributed by atoms with Crippen LogP contribution in [0.4, 0.5) is 5.69 Å². The predicted octanol–water partition coefficient (Wildman–Crippen LogP) is 3.27. The Morgan fingerprint density at radius 1 is 1.24 bits per heavy atom. The number of unbranched alkanes of at least 4 members (excludes halogenated alkanes) is 1. The average molecular weight is 290 g/mol. The van der Waals surface area contributed by atoms with E-state index in [0.717, 1.165) is 36.9 Å². The van der Waals surface area contributed by atoms with Crippen LogP contribution in [-0.2, 0) is 9.59 Å². The first-order chi connectivity index (χ1) is 10.1. The Hall–Kier alpha value is -1.84. The molecular formula is C17H26N2O2. The smallest absolute Gasteiger partial charge is 0.243 e. The fourth-order valence-corrected chi connectivity index (χ4v) is 2.21. The van der Waals surface area contributed by atoms with E-state index < -0.39 is 0 Å². The zero-order valence-electron chi connectivity index (χ0n) is 13.2. The number of anilines is 1. The third-order valence-corrected chi connectivity index (χ3v) is 3.49. The molecule has 0 heterocycles. The normalized spacial score (nSPS) is 11.8. The first-order valence-electron chi connectivity index (χ1n) is 7.71. The summed E-state index contributed by atoms with van der Waals surface area (Å²) in [5.41, 5.74) is 1.84. The van der Waals surface area contributed by atoms with Crippen molar-refractivity contribution in [2.24, 2.45) is 5.92 Å². The van der Waals surface area contributed by atoms with Crippen LogP contribution in [0.1, 0.15) is 45.1 Å². The average Bonchev–Trinajstić information content (AvgIpc) is 2.46. The number of carbonyl (C=O) groups is 2. The summed E-state index contributed by atoms with van der Waals surface area (Å²) in [7, 11) is 0. The second-order valence-electron chi connectivity index (χ2n) is 5.38. The van der Waals surface area contributed by atoms with Gasteiger partial charge in [0.05, 0.1) is 6.54 Å². The lowest BCUT2D eigenvalue weighted by atomic mass is 9.98. The maximum absolute atomic E-state index is 12.0. The Balaban J connectivity index is 2.39. The fraction of sp³-hybridized carbons (Fsp3) is 0.529. The number of nitrogens with one attached hydrogen (secondary N) is 2. The van der Waals surface area contributed by atoms with Gasteiger partial charge in [-0.3, -0.25) is 9.59 Å².